The number of ether oxygens (including phenoxy) is 2. The molecule has 2 aromatic heterocycles. The molecule has 2 N–H and O–H groups in total. The van der Waals surface area contributed by atoms with Crippen molar-refractivity contribution in [2.45, 2.75) is 61.9 Å². The molecule has 2 bridgehead atoms. The van der Waals surface area contributed by atoms with Crippen LogP contribution in [0.25, 0.3) is 32.9 Å². The van der Waals surface area contributed by atoms with Crippen LogP contribution in [0.2, 0.25) is 0 Å². The summed E-state index contributed by atoms with van der Waals surface area (Å²) in [6, 6.07) is 11.2. The van der Waals surface area contributed by atoms with Crippen LogP contribution in [-0.2, 0) is 0 Å². The van der Waals surface area contributed by atoms with Gasteiger partial charge in [0.15, 0.2) is 5.82 Å². The molecule has 5 aliphatic heterocycles. The lowest BCUT2D eigenvalue weighted by Crippen LogP contribution is -2.60. The van der Waals surface area contributed by atoms with Crippen molar-refractivity contribution >= 4 is 27.5 Å². The van der Waals surface area contributed by atoms with Crippen LogP contribution in [0.15, 0.2) is 36.4 Å². The van der Waals surface area contributed by atoms with Crippen LogP contribution >= 0.6 is 0 Å². The summed E-state index contributed by atoms with van der Waals surface area (Å²) in [7, 11) is 0. The molecule has 0 saturated carbocycles. The Morgan fingerprint density at radius 3 is 2.98 bits per heavy atom. The number of aromatic nitrogens is 3. The summed E-state index contributed by atoms with van der Waals surface area (Å²) in [4.78, 5) is 18.7. The first-order chi connectivity index (χ1) is 21.0. The molecule has 5 atom stereocenters. The Morgan fingerprint density at radius 1 is 1.14 bits per heavy atom. The number of pyridine rings is 1. The van der Waals surface area contributed by atoms with Crippen molar-refractivity contribution in [3.8, 4) is 28.9 Å². The number of rotatable bonds is 4. The van der Waals surface area contributed by atoms with E-state index in [0.29, 0.717) is 48.9 Å². The summed E-state index contributed by atoms with van der Waals surface area (Å²) in [5.41, 5.74) is 0.163. The van der Waals surface area contributed by atoms with Crippen molar-refractivity contribution in [3.63, 3.8) is 0 Å². The second kappa shape index (κ2) is 9.33. The summed E-state index contributed by atoms with van der Waals surface area (Å²) >= 11 is 0. The summed E-state index contributed by atoms with van der Waals surface area (Å²) in [6.07, 6.45) is 3.46. The number of nitrogens with one attached hydrogen (secondary N) is 1. The third-order valence-corrected chi connectivity index (χ3v) is 10.3. The lowest BCUT2D eigenvalue weighted by Gasteiger charge is -2.40. The minimum Gasteiger partial charge on any atom is -0.508 e. The van der Waals surface area contributed by atoms with Gasteiger partial charge in [-0.25, -0.2) is 13.8 Å². The SMILES string of the molecule is Oc1cc(-c2nc3c4c(nc(OC[C@@]56CCCN5C[C@H](F)C6)nc4c2F)N2C[C@@H]4CC[C@@H](N4)[C@H]2CO3)c2ccccc2c1. The first-order valence-electron chi connectivity index (χ1n) is 15.3. The predicted molar refractivity (Wildman–Crippen MR) is 157 cm³/mol. The lowest BCUT2D eigenvalue weighted by atomic mass is 9.95. The molecular weight excluding hydrogens is 554 g/mol. The van der Waals surface area contributed by atoms with Gasteiger partial charge >= 0.3 is 6.01 Å². The van der Waals surface area contributed by atoms with Crippen LogP contribution < -0.4 is 19.7 Å². The second-order valence-corrected chi connectivity index (χ2v) is 12.8. The molecule has 4 fully saturated rings. The molecule has 7 heterocycles. The molecule has 2 aromatic carbocycles. The van der Waals surface area contributed by atoms with E-state index in [1.54, 1.807) is 6.07 Å². The number of phenolic OH excluding ortho intramolecular Hbond substituents is 1. The molecule has 5 aliphatic rings. The van der Waals surface area contributed by atoms with Crippen molar-refractivity contribution in [2.75, 3.05) is 37.7 Å². The number of piperazine rings is 1. The Kier molecular flexibility index (Phi) is 5.57. The number of halogens is 2. The van der Waals surface area contributed by atoms with Crippen molar-refractivity contribution in [1.29, 1.82) is 0 Å². The monoisotopic (exact) mass is 586 g/mol. The van der Waals surface area contributed by atoms with Gasteiger partial charge < -0.3 is 24.8 Å². The van der Waals surface area contributed by atoms with E-state index >= 15 is 4.39 Å². The number of anilines is 1. The highest BCUT2D eigenvalue weighted by atomic mass is 19.1. The molecule has 0 spiro atoms. The molecule has 0 radical (unpaired) electrons. The minimum atomic E-state index is -0.883. The zero-order valence-electron chi connectivity index (χ0n) is 23.6. The van der Waals surface area contributed by atoms with E-state index in [-0.39, 0.29) is 53.1 Å². The van der Waals surface area contributed by atoms with Crippen molar-refractivity contribution in [2.24, 2.45) is 0 Å². The standard InChI is InChI=1S/C32H32F2N6O3/c33-18-12-32(8-3-9-39(32)13-18)16-43-31-37-28-25-29(38-31)40-14-19-6-7-23(35-19)24(40)15-42-30(25)36-27(26(28)34)22-11-20(41)10-17-4-1-2-5-21(17)22/h1-2,4-5,10-11,18-19,23-24,35,41H,3,6-9,12-16H2/t18-,19+,23-,24-,32+/m1/s1. The van der Waals surface area contributed by atoms with E-state index in [1.165, 1.54) is 6.07 Å². The zero-order chi connectivity index (χ0) is 28.9. The largest absolute Gasteiger partial charge is 0.508 e. The molecular formula is C32H32F2N6O3. The number of alkyl halides is 1. The van der Waals surface area contributed by atoms with Crippen LogP contribution in [-0.4, -0.2) is 87.6 Å². The summed E-state index contributed by atoms with van der Waals surface area (Å²) in [5.74, 6) is 0.206. The average Bonchev–Trinajstić information content (AvgIpc) is 3.64. The van der Waals surface area contributed by atoms with Crippen LogP contribution in [0.5, 0.6) is 17.6 Å². The van der Waals surface area contributed by atoms with Crippen molar-refractivity contribution < 1.29 is 23.4 Å². The highest BCUT2D eigenvalue weighted by molar-refractivity contribution is 6.02. The fraction of sp³-hybridized carbons (Fsp3) is 0.469. The molecule has 4 saturated heterocycles. The van der Waals surface area contributed by atoms with Gasteiger partial charge in [-0.2, -0.15) is 9.97 Å². The molecule has 0 aliphatic carbocycles. The third kappa shape index (κ3) is 3.90. The number of benzene rings is 2. The Balaban J connectivity index is 1.22. The molecule has 11 heteroatoms. The van der Waals surface area contributed by atoms with Gasteiger partial charge in [0.05, 0.1) is 11.6 Å². The van der Waals surface area contributed by atoms with E-state index < -0.39 is 12.0 Å². The lowest BCUT2D eigenvalue weighted by molar-refractivity contribution is 0.107. The van der Waals surface area contributed by atoms with Gasteiger partial charge in [-0.05, 0) is 55.1 Å². The van der Waals surface area contributed by atoms with Gasteiger partial charge in [-0.3, -0.25) is 4.90 Å². The number of hydrogen-bond donors (Lipinski definition) is 2. The van der Waals surface area contributed by atoms with E-state index in [4.69, 9.17) is 19.4 Å². The number of hydrogen-bond acceptors (Lipinski definition) is 9. The van der Waals surface area contributed by atoms with Crippen molar-refractivity contribution in [3.05, 3.63) is 42.2 Å². The zero-order valence-corrected chi connectivity index (χ0v) is 23.6. The summed E-state index contributed by atoms with van der Waals surface area (Å²) < 4.78 is 43.9. The van der Waals surface area contributed by atoms with Crippen molar-refractivity contribution in [1.82, 2.24) is 25.2 Å². The van der Waals surface area contributed by atoms with Gasteiger partial charge in [0.1, 0.15) is 47.5 Å². The number of fused-ring (bicyclic) bond motifs is 7. The van der Waals surface area contributed by atoms with Crippen LogP contribution in [0.1, 0.15) is 32.1 Å². The van der Waals surface area contributed by atoms with Gasteiger partial charge in [0.2, 0.25) is 5.88 Å². The molecule has 43 heavy (non-hydrogen) atoms. The first kappa shape index (κ1) is 25.6. The third-order valence-electron chi connectivity index (χ3n) is 10.3. The van der Waals surface area contributed by atoms with Gasteiger partial charge in [-0.1, -0.05) is 24.3 Å². The predicted octanol–water partition coefficient (Wildman–Crippen LogP) is 4.35. The topological polar surface area (TPSA) is 95.9 Å². The maximum Gasteiger partial charge on any atom is 0.319 e. The highest BCUT2D eigenvalue weighted by Gasteiger charge is 2.50. The molecule has 0 amide bonds. The van der Waals surface area contributed by atoms with Gasteiger partial charge in [0.25, 0.3) is 0 Å². The van der Waals surface area contributed by atoms with E-state index in [1.807, 2.05) is 24.3 Å². The Labute approximate surface area is 246 Å². The number of nitrogens with zero attached hydrogens (tertiary/aromatic N) is 5. The van der Waals surface area contributed by atoms with Gasteiger partial charge in [-0.15, -0.1) is 0 Å². The highest BCUT2D eigenvalue weighted by Crippen LogP contribution is 2.45. The van der Waals surface area contributed by atoms with Crippen LogP contribution in [0.3, 0.4) is 0 Å². The van der Waals surface area contributed by atoms with Crippen LogP contribution in [0, 0.1) is 5.82 Å². The number of phenols is 1. The summed E-state index contributed by atoms with van der Waals surface area (Å²) in [6.45, 7) is 2.58. The fourth-order valence-electron chi connectivity index (χ4n) is 8.30. The van der Waals surface area contributed by atoms with E-state index in [2.05, 4.69) is 20.1 Å². The molecule has 0 unspecified atom stereocenters. The first-order valence-corrected chi connectivity index (χ1v) is 15.3. The molecule has 9 rings (SSSR count). The van der Waals surface area contributed by atoms with E-state index in [0.717, 1.165) is 43.0 Å². The number of aromatic hydroxyl groups is 1. The smallest absolute Gasteiger partial charge is 0.319 e. The normalized spacial score (nSPS) is 29.5. The maximum atomic E-state index is 16.8. The fourth-order valence-corrected chi connectivity index (χ4v) is 8.30. The quantitative estimate of drug-likeness (QED) is 0.362. The summed E-state index contributed by atoms with van der Waals surface area (Å²) in [5, 5.41) is 16.2. The van der Waals surface area contributed by atoms with Gasteiger partial charge in [0, 0.05) is 37.2 Å². The Morgan fingerprint density at radius 2 is 2.05 bits per heavy atom. The second-order valence-electron chi connectivity index (χ2n) is 12.8. The maximum absolute atomic E-state index is 16.8. The van der Waals surface area contributed by atoms with E-state index in [9.17, 15) is 9.50 Å². The molecule has 9 nitrogen and oxygen atoms in total. The Bertz CT molecular complexity index is 1790. The Hall–Kier alpha value is -3.83. The average molecular weight is 587 g/mol. The molecule has 222 valence electrons. The molecule has 4 aromatic rings. The van der Waals surface area contributed by atoms with Crippen LogP contribution in [0.4, 0.5) is 14.6 Å². The minimum absolute atomic E-state index is 0.0107.